The van der Waals surface area contributed by atoms with Crippen LogP contribution in [-0.2, 0) is 18.3 Å². The molecule has 0 bridgehead atoms. The van der Waals surface area contributed by atoms with Crippen molar-refractivity contribution in [2.24, 2.45) is 12.8 Å². The first kappa shape index (κ1) is 9.71. The number of carbonyl (C=O) groups is 1. The average molecular weight is 203 g/mol. The van der Waals surface area contributed by atoms with Gasteiger partial charge in [-0.15, -0.1) is 0 Å². The van der Waals surface area contributed by atoms with E-state index in [9.17, 15) is 4.79 Å². The standard InChI is InChI=1S/C11H13N3O/c1-7-3-4-9-8(5-7)13-11(14(9)2)6-10(12)15/h3-5H,6H2,1-2H3,(H2,12,15). The summed E-state index contributed by atoms with van der Waals surface area (Å²) in [4.78, 5) is 15.2. The number of carbonyl (C=O) groups excluding carboxylic acids is 1. The minimum absolute atomic E-state index is 0.185. The highest BCUT2D eigenvalue weighted by molar-refractivity contribution is 5.80. The third-order valence-electron chi connectivity index (χ3n) is 2.46. The number of rotatable bonds is 2. The summed E-state index contributed by atoms with van der Waals surface area (Å²) in [5, 5.41) is 0. The summed E-state index contributed by atoms with van der Waals surface area (Å²) < 4.78 is 1.90. The largest absolute Gasteiger partial charge is 0.369 e. The van der Waals surface area contributed by atoms with E-state index in [1.807, 2.05) is 36.7 Å². The van der Waals surface area contributed by atoms with Crippen molar-refractivity contribution in [2.45, 2.75) is 13.3 Å². The van der Waals surface area contributed by atoms with Crippen molar-refractivity contribution in [3.05, 3.63) is 29.6 Å². The van der Waals surface area contributed by atoms with E-state index in [0.29, 0.717) is 5.82 Å². The smallest absolute Gasteiger partial charge is 0.225 e. The number of imidazole rings is 1. The normalized spacial score (nSPS) is 10.8. The van der Waals surface area contributed by atoms with E-state index in [0.717, 1.165) is 16.6 Å². The lowest BCUT2D eigenvalue weighted by Crippen LogP contribution is -2.16. The number of nitrogens with two attached hydrogens (primary N) is 1. The van der Waals surface area contributed by atoms with Crippen molar-refractivity contribution in [2.75, 3.05) is 0 Å². The Morgan fingerprint density at radius 3 is 2.93 bits per heavy atom. The van der Waals surface area contributed by atoms with Gasteiger partial charge in [-0.1, -0.05) is 6.07 Å². The molecule has 2 N–H and O–H groups in total. The van der Waals surface area contributed by atoms with E-state index in [1.165, 1.54) is 0 Å². The van der Waals surface area contributed by atoms with E-state index in [4.69, 9.17) is 5.73 Å². The number of amides is 1. The van der Waals surface area contributed by atoms with Gasteiger partial charge >= 0.3 is 0 Å². The van der Waals surface area contributed by atoms with Crippen molar-refractivity contribution in [1.82, 2.24) is 9.55 Å². The zero-order valence-corrected chi connectivity index (χ0v) is 8.82. The molecule has 0 saturated heterocycles. The third kappa shape index (κ3) is 1.70. The quantitative estimate of drug-likeness (QED) is 0.788. The van der Waals surface area contributed by atoms with Crippen LogP contribution in [0.1, 0.15) is 11.4 Å². The molecule has 2 aromatic rings. The molecule has 0 aliphatic rings. The minimum Gasteiger partial charge on any atom is -0.369 e. The fourth-order valence-corrected chi connectivity index (χ4v) is 1.67. The summed E-state index contributed by atoms with van der Waals surface area (Å²) in [6.45, 7) is 2.02. The lowest BCUT2D eigenvalue weighted by Gasteiger charge is -1.98. The van der Waals surface area contributed by atoms with Crippen molar-refractivity contribution < 1.29 is 4.79 Å². The van der Waals surface area contributed by atoms with E-state index in [2.05, 4.69) is 4.98 Å². The summed E-state index contributed by atoms with van der Waals surface area (Å²) in [6, 6.07) is 6.03. The van der Waals surface area contributed by atoms with Crippen LogP contribution in [0.4, 0.5) is 0 Å². The highest BCUT2D eigenvalue weighted by atomic mass is 16.1. The topological polar surface area (TPSA) is 60.9 Å². The number of aromatic nitrogens is 2. The van der Waals surface area contributed by atoms with Gasteiger partial charge in [0, 0.05) is 7.05 Å². The van der Waals surface area contributed by atoms with Crippen LogP contribution in [-0.4, -0.2) is 15.5 Å². The van der Waals surface area contributed by atoms with Crippen molar-refractivity contribution in [3.63, 3.8) is 0 Å². The molecule has 0 atom stereocenters. The molecule has 0 aliphatic heterocycles. The maximum Gasteiger partial charge on any atom is 0.225 e. The van der Waals surface area contributed by atoms with Gasteiger partial charge in [-0.3, -0.25) is 4.79 Å². The molecule has 1 aromatic carbocycles. The average Bonchev–Trinajstić information content (AvgIpc) is 2.42. The Bertz CT molecular complexity index is 528. The van der Waals surface area contributed by atoms with Crippen LogP contribution in [0.3, 0.4) is 0 Å². The van der Waals surface area contributed by atoms with Crippen LogP contribution in [0.15, 0.2) is 18.2 Å². The molecule has 0 fully saturated rings. The Kier molecular flexibility index (Phi) is 2.19. The van der Waals surface area contributed by atoms with Crippen molar-refractivity contribution in [3.8, 4) is 0 Å². The fourth-order valence-electron chi connectivity index (χ4n) is 1.67. The molecular weight excluding hydrogens is 190 g/mol. The van der Waals surface area contributed by atoms with Crippen LogP contribution in [0.2, 0.25) is 0 Å². The molecule has 0 saturated carbocycles. The van der Waals surface area contributed by atoms with Crippen LogP contribution in [0, 0.1) is 6.92 Å². The molecular formula is C11H13N3O. The SMILES string of the molecule is Cc1ccc2c(c1)nc(CC(N)=O)n2C. The molecule has 0 radical (unpaired) electrons. The lowest BCUT2D eigenvalue weighted by atomic mass is 10.2. The second kappa shape index (κ2) is 3.38. The summed E-state index contributed by atoms with van der Waals surface area (Å²) in [6.07, 6.45) is 0.185. The molecule has 15 heavy (non-hydrogen) atoms. The molecule has 0 unspecified atom stereocenters. The Morgan fingerprint density at radius 2 is 2.27 bits per heavy atom. The first-order valence-electron chi connectivity index (χ1n) is 4.78. The van der Waals surface area contributed by atoms with Gasteiger partial charge in [0.15, 0.2) is 0 Å². The number of hydrogen-bond donors (Lipinski definition) is 1. The predicted octanol–water partition coefficient (Wildman–Crippen LogP) is 0.910. The second-order valence-electron chi connectivity index (χ2n) is 3.72. The van der Waals surface area contributed by atoms with Crippen LogP contribution < -0.4 is 5.73 Å². The zero-order chi connectivity index (χ0) is 11.0. The predicted molar refractivity (Wildman–Crippen MR) is 58.3 cm³/mol. The Balaban J connectivity index is 2.58. The van der Waals surface area contributed by atoms with Gasteiger partial charge in [0.1, 0.15) is 5.82 Å². The van der Waals surface area contributed by atoms with Gasteiger partial charge in [0.2, 0.25) is 5.91 Å². The highest BCUT2D eigenvalue weighted by Gasteiger charge is 2.09. The van der Waals surface area contributed by atoms with E-state index in [1.54, 1.807) is 0 Å². The summed E-state index contributed by atoms with van der Waals surface area (Å²) in [7, 11) is 1.89. The van der Waals surface area contributed by atoms with E-state index >= 15 is 0 Å². The molecule has 78 valence electrons. The van der Waals surface area contributed by atoms with Crippen LogP contribution in [0.5, 0.6) is 0 Å². The number of primary amides is 1. The molecule has 4 heteroatoms. The summed E-state index contributed by atoms with van der Waals surface area (Å²) in [5.74, 6) is 0.355. The van der Waals surface area contributed by atoms with Crippen molar-refractivity contribution >= 4 is 16.9 Å². The van der Waals surface area contributed by atoms with Gasteiger partial charge in [0.05, 0.1) is 17.5 Å². The summed E-state index contributed by atoms with van der Waals surface area (Å²) >= 11 is 0. The Morgan fingerprint density at radius 1 is 1.53 bits per heavy atom. The Labute approximate surface area is 87.7 Å². The monoisotopic (exact) mass is 203 g/mol. The first-order chi connectivity index (χ1) is 7.08. The van der Waals surface area contributed by atoms with Crippen LogP contribution in [0.25, 0.3) is 11.0 Å². The number of nitrogens with zero attached hydrogens (tertiary/aromatic N) is 2. The fraction of sp³-hybridized carbons (Fsp3) is 0.273. The first-order valence-corrected chi connectivity index (χ1v) is 4.78. The number of benzene rings is 1. The summed E-state index contributed by atoms with van der Waals surface area (Å²) in [5.41, 5.74) is 8.25. The molecule has 1 aromatic heterocycles. The number of hydrogen-bond acceptors (Lipinski definition) is 2. The molecule has 4 nitrogen and oxygen atoms in total. The molecule has 2 rings (SSSR count). The van der Waals surface area contributed by atoms with E-state index in [-0.39, 0.29) is 12.3 Å². The maximum atomic E-state index is 10.8. The molecule has 1 amide bonds. The molecule has 0 aliphatic carbocycles. The van der Waals surface area contributed by atoms with Crippen LogP contribution >= 0.6 is 0 Å². The van der Waals surface area contributed by atoms with Gasteiger partial charge in [-0.2, -0.15) is 0 Å². The molecule has 0 spiro atoms. The van der Waals surface area contributed by atoms with Gasteiger partial charge in [-0.25, -0.2) is 4.98 Å². The van der Waals surface area contributed by atoms with Gasteiger partial charge in [-0.05, 0) is 24.6 Å². The second-order valence-corrected chi connectivity index (χ2v) is 3.72. The zero-order valence-electron chi connectivity index (χ0n) is 8.82. The number of fused-ring (bicyclic) bond motifs is 1. The Hall–Kier alpha value is -1.84. The minimum atomic E-state index is -0.356. The van der Waals surface area contributed by atoms with Gasteiger partial charge < -0.3 is 10.3 Å². The molecule has 1 heterocycles. The number of aryl methyl sites for hydroxylation is 2. The maximum absolute atomic E-state index is 10.8. The van der Waals surface area contributed by atoms with Gasteiger partial charge in [0.25, 0.3) is 0 Å². The van der Waals surface area contributed by atoms with Crippen molar-refractivity contribution in [1.29, 1.82) is 0 Å². The van der Waals surface area contributed by atoms with E-state index < -0.39 is 0 Å². The highest BCUT2D eigenvalue weighted by Crippen LogP contribution is 2.16. The lowest BCUT2D eigenvalue weighted by molar-refractivity contribution is -0.117. The third-order valence-corrected chi connectivity index (χ3v) is 2.46.